The predicted octanol–water partition coefficient (Wildman–Crippen LogP) is 3.54. The summed E-state index contributed by atoms with van der Waals surface area (Å²) in [7, 11) is 1.35. The summed E-state index contributed by atoms with van der Waals surface area (Å²) >= 11 is 1.41. The van der Waals surface area contributed by atoms with Gasteiger partial charge in [-0.3, -0.25) is 4.79 Å². The zero-order valence-corrected chi connectivity index (χ0v) is 15.7. The fourth-order valence-corrected chi connectivity index (χ4v) is 4.32. The highest BCUT2D eigenvalue weighted by molar-refractivity contribution is 7.16. The van der Waals surface area contributed by atoms with Crippen LogP contribution in [0.15, 0.2) is 24.3 Å². The number of para-hydroxylation sites is 1. The lowest BCUT2D eigenvalue weighted by Gasteiger charge is -2.24. The molecule has 0 radical (unpaired) electrons. The van der Waals surface area contributed by atoms with E-state index in [1.807, 2.05) is 32.0 Å². The molecule has 1 aliphatic heterocycles. The number of methoxy groups -OCH3 is 1. The van der Waals surface area contributed by atoms with Crippen LogP contribution in [0.1, 0.15) is 33.3 Å². The van der Waals surface area contributed by atoms with Crippen molar-refractivity contribution in [1.82, 2.24) is 0 Å². The van der Waals surface area contributed by atoms with E-state index < -0.39 is 5.97 Å². The quantitative estimate of drug-likeness (QED) is 0.850. The van der Waals surface area contributed by atoms with Crippen LogP contribution in [0.5, 0.6) is 0 Å². The van der Waals surface area contributed by atoms with Crippen molar-refractivity contribution in [3.8, 4) is 0 Å². The van der Waals surface area contributed by atoms with Gasteiger partial charge in [-0.1, -0.05) is 18.2 Å². The molecule has 5 nitrogen and oxygen atoms in total. The Morgan fingerprint density at radius 1 is 1.32 bits per heavy atom. The maximum atomic E-state index is 12.6. The number of hydrogen-bond acceptors (Lipinski definition) is 5. The third-order valence-electron chi connectivity index (χ3n) is 4.69. The zero-order chi connectivity index (χ0) is 18.1. The van der Waals surface area contributed by atoms with Crippen molar-refractivity contribution in [2.75, 3.05) is 23.9 Å². The molecule has 0 saturated carbocycles. The van der Waals surface area contributed by atoms with Crippen LogP contribution >= 0.6 is 11.3 Å². The van der Waals surface area contributed by atoms with Gasteiger partial charge in [0.05, 0.1) is 19.2 Å². The molecule has 1 aromatic heterocycles. The molecule has 3 rings (SSSR count). The summed E-state index contributed by atoms with van der Waals surface area (Å²) in [6.45, 7) is 6.18. The number of esters is 1. The Balaban J connectivity index is 1.78. The first-order valence-electron chi connectivity index (χ1n) is 8.25. The molecule has 1 amide bonds. The number of thiophene rings is 1. The highest BCUT2D eigenvalue weighted by atomic mass is 32.1. The molecular weight excluding hydrogens is 336 g/mol. The van der Waals surface area contributed by atoms with Crippen molar-refractivity contribution in [2.24, 2.45) is 0 Å². The van der Waals surface area contributed by atoms with Crippen LogP contribution in [0.3, 0.4) is 0 Å². The lowest BCUT2D eigenvalue weighted by molar-refractivity contribution is -0.115. The first kappa shape index (κ1) is 17.5. The van der Waals surface area contributed by atoms with Gasteiger partial charge in [0.25, 0.3) is 0 Å². The number of carbonyl (C=O) groups excluding carboxylic acids is 2. The molecule has 2 heterocycles. The fourth-order valence-electron chi connectivity index (χ4n) is 3.25. The number of rotatable bonds is 4. The number of carbonyl (C=O) groups is 2. The average molecular weight is 358 g/mol. The van der Waals surface area contributed by atoms with Crippen LogP contribution in [-0.2, 0) is 16.0 Å². The molecule has 0 fully saturated rings. The van der Waals surface area contributed by atoms with Gasteiger partial charge in [-0.05, 0) is 44.4 Å². The molecule has 132 valence electrons. The van der Waals surface area contributed by atoms with Gasteiger partial charge in [-0.15, -0.1) is 11.3 Å². The normalized spacial score (nSPS) is 15.8. The Morgan fingerprint density at radius 2 is 2.04 bits per heavy atom. The lowest BCUT2D eigenvalue weighted by atomic mass is 10.1. The molecule has 25 heavy (non-hydrogen) atoms. The minimum absolute atomic E-state index is 0.130. The van der Waals surface area contributed by atoms with Crippen LogP contribution in [-0.4, -0.2) is 31.6 Å². The first-order valence-corrected chi connectivity index (χ1v) is 9.06. The van der Waals surface area contributed by atoms with Crippen molar-refractivity contribution in [1.29, 1.82) is 0 Å². The summed E-state index contributed by atoms with van der Waals surface area (Å²) in [6, 6.07) is 8.43. The van der Waals surface area contributed by atoms with Crippen molar-refractivity contribution in [2.45, 2.75) is 33.2 Å². The number of ether oxygens (including phenoxy) is 1. The number of aryl methyl sites for hydroxylation is 1. The van der Waals surface area contributed by atoms with Crippen LogP contribution in [0, 0.1) is 13.8 Å². The molecule has 6 heteroatoms. The van der Waals surface area contributed by atoms with Crippen LogP contribution in [0.25, 0.3) is 0 Å². The lowest BCUT2D eigenvalue weighted by Crippen LogP contribution is -2.37. The topological polar surface area (TPSA) is 58.6 Å². The fraction of sp³-hybridized carbons (Fsp3) is 0.368. The number of anilines is 2. The number of nitrogens with zero attached hydrogens (tertiary/aromatic N) is 1. The number of benzene rings is 1. The van der Waals surface area contributed by atoms with Gasteiger partial charge in [-0.25, -0.2) is 4.79 Å². The molecule has 0 spiro atoms. The second-order valence-corrected chi connectivity index (χ2v) is 7.56. The Bertz CT molecular complexity index is 828. The van der Waals surface area contributed by atoms with Gasteiger partial charge in [0, 0.05) is 16.6 Å². The molecule has 1 aromatic carbocycles. The average Bonchev–Trinajstić information content (AvgIpc) is 3.04. The number of hydrogen-bond donors (Lipinski definition) is 1. The maximum absolute atomic E-state index is 12.6. The Kier molecular flexibility index (Phi) is 4.81. The van der Waals surface area contributed by atoms with E-state index in [-0.39, 0.29) is 18.5 Å². The van der Waals surface area contributed by atoms with E-state index in [9.17, 15) is 9.59 Å². The summed E-state index contributed by atoms with van der Waals surface area (Å²) < 4.78 is 4.86. The van der Waals surface area contributed by atoms with E-state index in [4.69, 9.17) is 4.74 Å². The van der Waals surface area contributed by atoms with E-state index >= 15 is 0 Å². The second-order valence-electron chi connectivity index (χ2n) is 6.34. The predicted molar refractivity (Wildman–Crippen MR) is 101 cm³/mol. The largest absolute Gasteiger partial charge is 0.465 e. The van der Waals surface area contributed by atoms with E-state index in [1.165, 1.54) is 24.0 Å². The summed E-state index contributed by atoms with van der Waals surface area (Å²) in [6.07, 6.45) is 0.939. The van der Waals surface area contributed by atoms with Crippen LogP contribution in [0.2, 0.25) is 0 Å². The Hall–Kier alpha value is -2.34. The molecule has 1 aliphatic rings. The standard InChI is InChI=1S/C19H22N2O3S/c1-11-9-14-7-5-6-8-15(14)21(11)10-16(22)20-18-17(19(23)24-4)12(2)13(3)25-18/h5-8,11H,9-10H2,1-4H3,(H,20,22). The SMILES string of the molecule is COC(=O)c1c(NC(=O)CN2c3ccccc3CC2C)sc(C)c1C. The van der Waals surface area contributed by atoms with E-state index in [0.717, 1.165) is 22.5 Å². The summed E-state index contributed by atoms with van der Waals surface area (Å²) in [5.74, 6) is -0.549. The molecule has 0 saturated heterocycles. The molecular formula is C19H22N2O3S. The minimum Gasteiger partial charge on any atom is -0.465 e. The smallest absolute Gasteiger partial charge is 0.341 e. The van der Waals surface area contributed by atoms with Gasteiger partial charge in [0.2, 0.25) is 5.91 Å². The molecule has 2 aromatic rings. The maximum Gasteiger partial charge on any atom is 0.341 e. The second kappa shape index (κ2) is 6.88. The van der Waals surface area contributed by atoms with Crippen molar-refractivity contribution < 1.29 is 14.3 Å². The summed E-state index contributed by atoms with van der Waals surface area (Å²) in [5.41, 5.74) is 3.68. The monoisotopic (exact) mass is 358 g/mol. The van der Waals surface area contributed by atoms with E-state index in [0.29, 0.717) is 10.6 Å². The van der Waals surface area contributed by atoms with Crippen molar-refractivity contribution >= 4 is 33.9 Å². The molecule has 0 aliphatic carbocycles. The highest BCUT2D eigenvalue weighted by Gasteiger charge is 2.28. The van der Waals surface area contributed by atoms with Gasteiger partial charge in [0.15, 0.2) is 0 Å². The summed E-state index contributed by atoms with van der Waals surface area (Å²) in [5, 5.41) is 3.46. The summed E-state index contributed by atoms with van der Waals surface area (Å²) in [4.78, 5) is 27.7. The third-order valence-corrected chi connectivity index (χ3v) is 5.81. The Morgan fingerprint density at radius 3 is 2.76 bits per heavy atom. The number of amides is 1. The van der Waals surface area contributed by atoms with Gasteiger partial charge in [0.1, 0.15) is 5.00 Å². The van der Waals surface area contributed by atoms with Crippen molar-refractivity contribution in [3.05, 3.63) is 45.8 Å². The van der Waals surface area contributed by atoms with Crippen LogP contribution in [0.4, 0.5) is 10.7 Å². The Labute approximate surface area is 151 Å². The van der Waals surface area contributed by atoms with E-state index in [1.54, 1.807) is 0 Å². The minimum atomic E-state index is -0.419. The van der Waals surface area contributed by atoms with Crippen LogP contribution < -0.4 is 10.2 Å². The first-order chi connectivity index (χ1) is 11.9. The van der Waals surface area contributed by atoms with E-state index in [2.05, 4.69) is 23.2 Å². The van der Waals surface area contributed by atoms with Gasteiger partial charge < -0.3 is 15.0 Å². The number of fused-ring (bicyclic) bond motifs is 1. The highest BCUT2D eigenvalue weighted by Crippen LogP contribution is 2.34. The molecule has 1 unspecified atom stereocenters. The molecule has 1 N–H and O–H groups in total. The van der Waals surface area contributed by atoms with Crippen molar-refractivity contribution in [3.63, 3.8) is 0 Å². The van der Waals surface area contributed by atoms with Gasteiger partial charge in [-0.2, -0.15) is 0 Å². The number of nitrogens with one attached hydrogen (secondary N) is 1. The third kappa shape index (κ3) is 3.26. The van der Waals surface area contributed by atoms with Gasteiger partial charge >= 0.3 is 5.97 Å². The zero-order valence-electron chi connectivity index (χ0n) is 14.9. The molecule has 0 bridgehead atoms. The molecule has 1 atom stereocenters.